The van der Waals surface area contributed by atoms with Gasteiger partial charge in [-0.2, -0.15) is 5.10 Å². The Morgan fingerprint density at radius 3 is 2.44 bits per heavy atom. The summed E-state index contributed by atoms with van der Waals surface area (Å²) in [5, 5.41) is 11.0. The Bertz CT molecular complexity index is 546. The Morgan fingerprint density at radius 2 is 2.00 bits per heavy atom. The van der Waals surface area contributed by atoms with Gasteiger partial charge in [0.2, 0.25) is 0 Å². The van der Waals surface area contributed by atoms with E-state index in [0.717, 1.165) is 22.3 Å². The van der Waals surface area contributed by atoms with Crippen LogP contribution >= 0.6 is 0 Å². The molecule has 1 aromatic rings. The number of rotatable bonds is 2. The number of nitrogens with two attached hydrogens (primary N) is 1. The van der Waals surface area contributed by atoms with Crippen LogP contribution in [-0.2, 0) is 0 Å². The summed E-state index contributed by atoms with van der Waals surface area (Å²) < 4.78 is 0. The van der Waals surface area contributed by atoms with Gasteiger partial charge in [0.25, 0.3) is 0 Å². The van der Waals surface area contributed by atoms with E-state index in [1.807, 2.05) is 26.0 Å². The zero-order valence-corrected chi connectivity index (χ0v) is 10.7. The summed E-state index contributed by atoms with van der Waals surface area (Å²) in [7, 11) is 0. The first kappa shape index (κ1) is 12.4. The van der Waals surface area contributed by atoms with Crippen molar-refractivity contribution in [3.05, 3.63) is 34.4 Å². The van der Waals surface area contributed by atoms with E-state index in [9.17, 15) is 0 Å². The quantitative estimate of drug-likeness (QED) is 0.354. The molecule has 1 aliphatic carbocycles. The van der Waals surface area contributed by atoms with Crippen molar-refractivity contribution in [2.75, 3.05) is 0 Å². The molecule has 0 amide bonds. The summed E-state index contributed by atoms with van der Waals surface area (Å²) in [4.78, 5) is 0. The molecule has 0 spiro atoms. The smallest absolute Gasteiger partial charge is 0.108 e. The highest BCUT2D eigenvalue weighted by atomic mass is 15.1. The predicted molar refractivity (Wildman–Crippen MR) is 75.0 cm³/mol. The highest BCUT2D eigenvalue weighted by Gasteiger charge is 2.17. The summed E-state index contributed by atoms with van der Waals surface area (Å²) in [5.41, 5.74) is 4.59. The summed E-state index contributed by atoms with van der Waals surface area (Å²) in [5.74, 6) is 12.4. The molecular formula is C15H17N3. The van der Waals surface area contributed by atoms with E-state index < -0.39 is 0 Å². The number of aryl methyl sites for hydroxylation is 2. The van der Waals surface area contributed by atoms with Crippen LogP contribution in [0, 0.1) is 37.0 Å². The van der Waals surface area contributed by atoms with Gasteiger partial charge in [0.1, 0.15) is 5.71 Å². The summed E-state index contributed by atoms with van der Waals surface area (Å²) in [6.07, 6.45) is 3.66. The molecule has 0 saturated heterocycles. The maximum atomic E-state index is 7.33. The highest BCUT2D eigenvalue weighted by Crippen LogP contribution is 2.27. The lowest BCUT2D eigenvalue weighted by molar-refractivity contribution is 1.18. The van der Waals surface area contributed by atoms with Crippen molar-refractivity contribution in [1.29, 1.82) is 5.41 Å². The van der Waals surface area contributed by atoms with Gasteiger partial charge < -0.3 is 11.3 Å². The normalized spacial score (nSPS) is 14.9. The second kappa shape index (κ2) is 5.05. The molecule has 1 aromatic carbocycles. The second-order valence-corrected chi connectivity index (χ2v) is 4.69. The molecule has 0 atom stereocenters. The van der Waals surface area contributed by atoms with E-state index in [-0.39, 0.29) is 0 Å². The maximum Gasteiger partial charge on any atom is 0.108 e. The molecule has 92 valence electrons. The minimum Gasteiger partial charge on any atom is -0.323 e. The van der Waals surface area contributed by atoms with E-state index in [0.29, 0.717) is 11.6 Å². The lowest BCUT2D eigenvalue weighted by Gasteiger charge is -2.09. The van der Waals surface area contributed by atoms with E-state index in [1.165, 1.54) is 19.1 Å². The Hall–Kier alpha value is -2.08. The van der Waals surface area contributed by atoms with Gasteiger partial charge in [-0.25, -0.2) is 0 Å². The first-order chi connectivity index (χ1) is 8.65. The monoisotopic (exact) mass is 239 g/mol. The van der Waals surface area contributed by atoms with Crippen LogP contribution in [0.15, 0.2) is 17.2 Å². The lowest BCUT2D eigenvalue weighted by Crippen LogP contribution is -2.09. The second-order valence-electron chi connectivity index (χ2n) is 4.69. The van der Waals surface area contributed by atoms with Crippen LogP contribution in [0.2, 0.25) is 0 Å². The fraction of sp³-hybridized carbons (Fsp3) is 0.333. The standard InChI is InChI=1S/C15H17N3/c1-10-7-13(6-5-12-3-4-12)8-11(2)15(10)14(9-16)18-17/h7-9,12,16H,3-4,17H2,1-2H3/b16-9?,18-14+. The lowest BCUT2D eigenvalue weighted by atomic mass is 9.96. The summed E-state index contributed by atoms with van der Waals surface area (Å²) in [6.45, 7) is 4.00. The Balaban J connectivity index is 2.40. The van der Waals surface area contributed by atoms with Crippen LogP contribution in [0.1, 0.15) is 35.1 Å². The predicted octanol–water partition coefficient (Wildman–Crippen LogP) is 2.38. The molecule has 0 heterocycles. The maximum absolute atomic E-state index is 7.33. The number of nitrogens with one attached hydrogen (secondary N) is 1. The third-order valence-electron chi connectivity index (χ3n) is 3.06. The molecule has 0 unspecified atom stereocenters. The highest BCUT2D eigenvalue weighted by molar-refractivity contribution is 6.38. The van der Waals surface area contributed by atoms with Crippen LogP contribution in [0.3, 0.4) is 0 Å². The topological polar surface area (TPSA) is 62.2 Å². The van der Waals surface area contributed by atoms with E-state index in [1.54, 1.807) is 0 Å². The van der Waals surface area contributed by atoms with Gasteiger partial charge in [-0.05, 0) is 49.9 Å². The molecule has 1 fully saturated rings. The van der Waals surface area contributed by atoms with Crippen molar-refractivity contribution in [2.24, 2.45) is 16.9 Å². The molecule has 3 N–H and O–H groups in total. The molecule has 0 aromatic heterocycles. The molecular weight excluding hydrogens is 222 g/mol. The van der Waals surface area contributed by atoms with Crippen LogP contribution in [0.4, 0.5) is 0 Å². The minimum absolute atomic E-state index is 0.506. The van der Waals surface area contributed by atoms with Crippen LogP contribution in [0.25, 0.3) is 0 Å². The minimum atomic E-state index is 0.506. The number of benzene rings is 1. The van der Waals surface area contributed by atoms with Crippen molar-refractivity contribution in [3.63, 3.8) is 0 Å². The molecule has 1 aliphatic rings. The fourth-order valence-corrected chi connectivity index (χ4v) is 2.03. The number of hydrogen-bond donors (Lipinski definition) is 2. The zero-order valence-electron chi connectivity index (χ0n) is 10.7. The first-order valence-electron chi connectivity index (χ1n) is 6.07. The summed E-state index contributed by atoms with van der Waals surface area (Å²) in [6, 6.07) is 4.07. The number of hydrogen-bond acceptors (Lipinski definition) is 3. The van der Waals surface area contributed by atoms with E-state index in [2.05, 4.69) is 16.9 Å². The summed E-state index contributed by atoms with van der Waals surface area (Å²) >= 11 is 0. The molecule has 3 heteroatoms. The van der Waals surface area contributed by atoms with Gasteiger partial charge in [0.15, 0.2) is 0 Å². The molecule has 3 nitrogen and oxygen atoms in total. The van der Waals surface area contributed by atoms with Gasteiger partial charge in [-0.15, -0.1) is 0 Å². The third-order valence-corrected chi connectivity index (χ3v) is 3.06. The van der Waals surface area contributed by atoms with Gasteiger partial charge in [-0.1, -0.05) is 11.8 Å². The van der Waals surface area contributed by atoms with E-state index >= 15 is 0 Å². The van der Waals surface area contributed by atoms with Crippen molar-refractivity contribution in [2.45, 2.75) is 26.7 Å². The molecule has 0 bridgehead atoms. The third kappa shape index (κ3) is 2.60. The van der Waals surface area contributed by atoms with Crippen molar-refractivity contribution in [3.8, 4) is 11.8 Å². The Kier molecular flexibility index (Phi) is 3.47. The first-order valence-corrected chi connectivity index (χ1v) is 6.07. The average molecular weight is 239 g/mol. The van der Waals surface area contributed by atoms with Crippen LogP contribution < -0.4 is 5.84 Å². The van der Waals surface area contributed by atoms with Crippen LogP contribution in [-0.4, -0.2) is 11.9 Å². The molecule has 0 radical (unpaired) electrons. The van der Waals surface area contributed by atoms with Crippen molar-refractivity contribution >= 4 is 11.9 Å². The van der Waals surface area contributed by atoms with Crippen LogP contribution in [0.5, 0.6) is 0 Å². The SMILES string of the molecule is Cc1cc(C#CC2CC2)cc(C)c1/C(C=N)=N/N. The zero-order chi connectivity index (χ0) is 13.1. The van der Waals surface area contributed by atoms with Gasteiger partial charge in [0, 0.05) is 23.3 Å². The molecule has 18 heavy (non-hydrogen) atoms. The molecule has 1 saturated carbocycles. The largest absolute Gasteiger partial charge is 0.323 e. The van der Waals surface area contributed by atoms with Gasteiger partial charge >= 0.3 is 0 Å². The number of nitrogens with zero attached hydrogens (tertiary/aromatic N) is 1. The Morgan fingerprint density at radius 1 is 1.39 bits per heavy atom. The van der Waals surface area contributed by atoms with Crippen molar-refractivity contribution in [1.82, 2.24) is 0 Å². The van der Waals surface area contributed by atoms with Gasteiger partial charge in [0.05, 0.1) is 0 Å². The molecule has 2 rings (SSSR count). The van der Waals surface area contributed by atoms with Gasteiger partial charge in [-0.3, -0.25) is 0 Å². The van der Waals surface area contributed by atoms with Crippen molar-refractivity contribution < 1.29 is 0 Å². The fourth-order valence-electron chi connectivity index (χ4n) is 2.03. The molecule has 0 aliphatic heterocycles. The van der Waals surface area contributed by atoms with E-state index in [4.69, 9.17) is 11.3 Å². The number of hydrazone groups is 1. The Labute approximate surface area is 108 Å². The average Bonchev–Trinajstić information content (AvgIpc) is 3.15.